The van der Waals surface area contributed by atoms with Crippen LogP contribution in [0.15, 0.2) is 12.2 Å². The number of carboxylic acid groups (broad SMARTS) is 1. The second kappa shape index (κ2) is 4.42. The van der Waals surface area contributed by atoms with E-state index in [9.17, 15) is 9.90 Å². The summed E-state index contributed by atoms with van der Waals surface area (Å²) in [6.07, 6.45) is 8.00. The summed E-state index contributed by atoms with van der Waals surface area (Å²) in [6, 6.07) is 0. The first-order valence-electron chi connectivity index (χ1n) is 4.74. The van der Waals surface area contributed by atoms with Crippen LogP contribution in [0.3, 0.4) is 0 Å². The van der Waals surface area contributed by atoms with Crippen LogP contribution >= 0.6 is 0 Å². The van der Waals surface area contributed by atoms with Crippen LogP contribution in [0.2, 0.25) is 0 Å². The molecule has 0 amide bonds. The van der Waals surface area contributed by atoms with Crippen molar-refractivity contribution < 1.29 is 15.0 Å². The number of carbonyl (C=O) groups is 1. The normalized spacial score (nSPS) is 31.8. The lowest BCUT2D eigenvalue weighted by molar-refractivity contribution is -0.141. The molecule has 0 saturated heterocycles. The Morgan fingerprint density at radius 3 is 2.85 bits per heavy atom. The fraction of sp³-hybridized carbons (Fsp3) is 0.700. The lowest BCUT2D eigenvalue weighted by Gasteiger charge is -2.23. The number of hydrogen-bond acceptors (Lipinski definition) is 2. The number of carboxylic acids is 1. The van der Waals surface area contributed by atoms with E-state index in [1.165, 1.54) is 0 Å². The van der Waals surface area contributed by atoms with Crippen LogP contribution in [0.5, 0.6) is 0 Å². The summed E-state index contributed by atoms with van der Waals surface area (Å²) in [5.74, 6) is -0.937. The number of hydrogen-bond donors (Lipinski definition) is 2. The molecule has 1 aliphatic carbocycles. The predicted molar refractivity (Wildman–Crippen MR) is 49.4 cm³/mol. The highest BCUT2D eigenvalue weighted by Crippen LogP contribution is 2.24. The van der Waals surface area contributed by atoms with Crippen LogP contribution in [0.1, 0.15) is 38.5 Å². The third-order valence-electron chi connectivity index (χ3n) is 2.37. The van der Waals surface area contributed by atoms with Gasteiger partial charge in [0.2, 0.25) is 0 Å². The van der Waals surface area contributed by atoms with E-state index in [0.29, 0.717) is 6.42 Å². The van der Waals surface area contributed by atoms with Gasteiger partial charge in [-0.3, -0.25) is 4.79 Å². The Balaban J connectivity index is 2.60. The summed E-state index contributed by atoms with van der Waals surface area (Å²) in [4.78, 5) is 10.5. The first kappa shape index (κ1) is 10.3. The molecule has 0 bridgehead atoms. The van der Waals surface area contributed by atoms with E-state index in [0.717, 1.165) is 25.7 Å². The second-order valence-electron chi connectivity index (χ2n) is 3.68. The third kappa shape index (κ3) is 3.59. The van der Waals surface area contributed by atoms with Crippen LogP contribution in [-0.2, 0) is 4.79 Å². The van der Waals surface area contributed by atoms with Gasteiger partial charge in [-0.15, -0.1) is 0 Å². The van der Waals surface area contributed by atoms with Crippen molar-refractivity contribution in [3.8, 4) is 0 Å². The van der Waals surface area contributed by atoms with Gasteiger partial charge in [0.05, 0.1) is 12.0 Å². The van der Waals surface area contributed by atoms with Crippen LogP contribution in [0.25, 0.3) is 0 Å². The molecule has 0 heterocycles. The zero-order valence-electron chi connectivity index (χ0n) is 7.70. The number of rotatable bonds is 2. The molecular formula is C10H16O3. The monoisotopic (exact) mass is 184 g/mol. The van der Waals surface area contributed by atoms with Gasteiger partial charge in [0, 0.05) is 0 Å². The maximum absolute atomic E-state index is 10.5. The van der Waals surface area contributed by atoms with Gasteiger partial charge in [-0.2, -0.15) is 0 Å². The van der Waals surface area contributed by atoms with E-state index < -0.39 is 11.6 Å². The van der Waals surface area contributed by atoms with Gasteiger partial charge in [0.15, 0.2) is 0 Å². The molecule has 0 saturated carbocycles. The SMILES string of the molecule is O=C(O)CC1(O)/C=C/CCCCC1. The largest absolute Gasteiger partial charge is 0.481 e. The van der Waals surface area contributed by atoms with Gasteiger partial charge in [-0.25, -0.2) is 0 Å². The summed E-state index contributed by atoms with van der Waals surface area (Å²) in [5.41, 5.74) is -1.10. The average molecular weight is 184 g/mol. The van der Waals surface area contributed by atoms with Crippen LogP contribution in [0, 0.1) is 0 Å². The van der Waals surface area contributed by atoms with Crippen LogP contribution < -0.4 is 0 Å². The highest BCUT2D eigenvalue weighted by molar-refractivity contribution is 5.68. The fourth-order valence-corrected chi connectivity index (χ4v) is 1.67. The van der Waals surface area contributed by atoms with E-state index in [-0.39, 0.29) is 6.42 Å². The van der Waals surface area contributed by atoms with Crippen molar-refractivity contribution >= 4 is 5.97 Å². The molecule has 0 aromatic rings. The van der Waals surface area contributed by atoms with Crippen molar-refractivity contribution in [1.29, 1.82) is 0 Å². The number of aliphatic carboxylic acids is 1. The number of allylic oxidation sites excluding steroid dienone is 1. The molecule has 2 N–H and O–H groups in total. The molecule has 1 atom stereocenters. The van der Waals surface area contributed by atoms with Gasteiger partial charge < -0.3 is 10.2 Å². The standard InChI is InChI=1S/C10H16O3/c11-9(12)8-10(13)6-4-2-1-3-5-7-10/h4,6,13H,1-3,5,7-8H2,(H,11,12)/b6-4+. The zero-order valence-corrected chi connectivity index (χ0v) is 7.70. The molecule has 0 aromatic heterocycles. The molecule has 0 aliphatic heterocycles. The minimum Gasteiger partial charge on any atom is -0.481 e. The van der Waals surface area contributed by atoms with E-state index >= 15 is 0 Å². The highest BCUT2D eigenvalue weighted by Gasteiger charge is 2.26. The Bertz CT molecular complexity index is 210. The molecule has 0 spiro atoms. The van der Waals surface area contributed by atoms with Crippen molar-refractivity contribution in [2.75, 3.05) is 0 Å². The van der Waals surface area contributed by atoms with Crippen molar-refractivity contribution in [2.45, 2.75) is 44.1 Å². The molecule has 13 heavy (non-hydrogen) atoms. The first-order chi connectivity index (χ1) is 6.12. The predicted octanol–water partition coefficient (Wildman–Crippen LogP) is 1.71. The van der Waals surface area contributed by atoms with Crippen molar-refractivity contribution in [1.82, 2.24) is 0 Å². The Kier molecular flexibility index (Phi) is 3.48. The van der Waals surface area contributed by atoms with Crippen molar-refractivity contribution in [2.24, 2.45) is 0 Å². The van der Waals surface area contributed by atoms with Gasteiger partial charge in [-0.1, -0.05) is 25.0 Å². The summed E-state index contributed by atoms with van der Waals surface area (Å²) in [7, 11) is 0. The molecule has 3 heteroatoms. The highest BCUT2D eigenvalue weighted by atomic mass is 16.4. The first-order valence-corrected chi connectivity index (χ1v) is 4.74. The molecule has 0 aromatic carbocycles. The summed E-state index contributed by atoms with van der Waals surface area (Å²) in [5, 5.41) is 18.5. The molecular weight excluding hydrogens is 168 g/mol. The quantitative estimate of drug-likeness (QED) is 0.642. The zero-order chi connectivity index (χ0) is 9.73. The molecule has 74 valence electrons. The van der Waals surface area contributed by atoms with Crippen LogP contribution in [0.4, 0.5) is 0 Å². The van der Waals surface area contributed by atoms with E-state index in [4.69, 9.17) is 5.11 Å². The Morgan fingerprint density at radius 1 is 1.38 bits per heavy atom. The molecule has 1 unspecified atom stereocenters. The minimum absolute atomic E-state index is 0.177. The average Bonchev–Trinajstić information content (AvgIpc) is 1.97. The molecule has 0 fully saturated rings. The van der Waals surface area contributed by atoms with Gasteiger partial charge in [-0.05, 0) is 19.3 Å². The van der Waals surface area contributed by atoms with Crippen LogP contribution in [-0.4, -0.2) is 21.8 Å². The molecule has 1 aliphatic rings. The van der Waals surface area contributed by atoms with Gasteiger partial charge >= 0.3 is 5.97 Å². The maximum atomic E-state index is 10.5. The summed E-state index contributed by atoms with van der Waals surface area (Å²) >= 11 is 0. The third-order valence-corrected chi connectivity index (χ3v) is 2.37. The Hall–Kier alpha value is -0.830. The van der Waals surface area contributed by atoms with E-state index in [1.54, 1.807) is 6.08 Å². The van der Waals surface area contributed by atoms with Gasteiger partial charge in [0.25, 0.3) is 0 Å². The maximum Gasteiger partial charge on any atom is 0.306 e. The van der Waals surface area contributed by atoms with E-state index in [1.807, 2.05) is 6.08 Å². The molecule has 0 radical (unpaired) electrons. The molecule has 1 rings (SSSR count). The fourth-order valence-electron chi connectivity index (χ4n) is 1.67. The summed E-state index contributed by atoms with van der Waals surface area (Å²) in [6.45, 7) is 0. The van der Waals surface area contributed by atoms with Crippen molar-refractivity contribution in [3.05, 3.63) is 12.2 Å². The lowest BCUT2D eigenvalue weighted by Crippen LogP contribution is -2.29. The van der Waals surface area contributed by atoms with E-state index in [2.05, 4.69) is 0 Å². The lowest BCUT2D eigenvalue weighted by atomic mass is 9.89. The second-order valence-corrected chi connectivity index (χ2v) is 3.68. The van der Waals surface area contributed by atoms with Gasteiger partial charge in [0.1, 0.15) is 0 Å². The van der Waals surface area contributed by atoms with Crippen molar-refractivity contribution in [3.63, 3.8) is 0 Å². The smallest absolute Gasteiger partial charge is 0.306 e. The molecule has 3 nitrogen and oxygen atoms in total. The Morgan fingerprint density at radius 2 is 2.15 bits per heavy atom. The minimum atomic E-state index is -1.10. The topological polar surface area (TPSA) is 57.5 Å². The number of aliphatic hydroxyl groups is 1. The summed E-state index contributed by atoms with van der Waals surface area (Å²) < 4.78 is 0. The Labute approximate surface area is 78.1 Å².